The number of carbonyl (C=O) groups excluding carboxylic acids is 4. The van der Waals surface area contributed by atoms with Gasteiger partial charge in [-0.15, -0.1) is 0 Å². The molecule has 1 saturated heterocycles. The van der Waals surface area contributed by atoms with E-state index in [2.05, 4.69) is 29.2 Å². The van der Waals surface area contributed by atoms with Gasteiger partial charge in [-0.3, -0.25) is 19.3 Å². The van der Waals surface area contributed by atoms with Gasteiger partial charge in [0, 0.05) is 13.0 Å². The number of amides is 4. The molecule has 8 nitrogen and oxygen atoms in total. The molecule has 1 aromatic rings. The van der Waals surface area contributed by atoms with E-state index in [4.69, 9.17) is 0 Å². The molecule has 0 saturated carbocycles. The molecule has 8 heteroatoms. The Morgan fingerprint density at radius 2 is 1.86 bits per heavy atom. The standard InChI is InChI=1S/C20H27N3O5/c1-13(2)14-7-9-15(10-8-14)20(3)18(26)23(19(27)22-20)12-16(24)21-11-5-6-17(25)28-4/h7-10,13H,5-6,11-12H2,1-4H3,(H,21,24)(H,22,27). The van der Waals surface area contributed by atoms with Crippen molar-refractivity contribution in [3.05, 3.63) is 35.4 Å². The van der Waals surface area contributed by atoms with E-state index in [0.717, 1.165) is 10.5 Å². The summed E-state index contributed by atoms with van der Waals surface area (Å²) in [4.78, 5) is 49.2. The summed E-state index contributed by atoms with van der Waals surface area (Å²) in [7, 11) is 1.30. The van der Waals surface area contributed by atoms with Crippen molar-refractivity contribution in [1.29, 1.82) is 0 Å². The summed E-state index contributed by atoms with van der Waals surface area (Å²) < 4.78 is 4.52. The molecule has 0 spiro atoms. The Labute approximate surface area is 164 Å². The molecule has 0 radical (unpaired) electrons. The van der Waals surface area contributed by atoms with Crippen LogP contribution in [0.25, 0.3) is 0 Å². The zero-order chi connectivity index (χ0) is 20.9. The van der Waals surface area contributed by atoms with Crippen LogP contribution in [0.1, 0.15) is 50.7 Å². The largest absolute Gasteiger partial charge is 0.469 e. The van der Waals surface area contributed by atoms with Crippen LogP contribution < -0.4 is 10.6 Å². The minimum absolute atomic E-state index is 0.185. The average Bonchev–Trinajstić information content (AvgIpc) is 2.89. The van der Waals surface area contributed by atoms with Crippen LogP contribution in [0, 0.1) is 0 Å². The number of urea groups is 1. The molecule has 1 heterocycles. The molecule has 152 valence electrons. The lowest BCUT2D eigenvalue weighted by atomic mass is 9.90. The van der Waals surface area contributed by atoms with Crippen molar-refractivity contribution < 1.29 is 23.9 Å². The van der Waals surface area contributed by atoms with E-state index in [1.54, 1.807) is 6.92 Å². The van der Waals surface area contributed by atoms with Crippen molar-refractivity contribution in [2.45, 2.75) is 45.1 Å². The molecule has 2 N–H and O–H groups in total. The van der Waals surface area contributed by atoms with Gasteiger partial charge in [-0.1, -0.05) is 38.1 Å². The molecule has 0 aliphatic carbocycles. The fourth-order valence-electron chi connectivity index (χ4n) is 3.00. The van der Waals surface area contributed by atoms with Crippen molar-refractivity contribution in [3.8, 4) is 0 Å². The highest BCUT2D eigenvalue weighted by atomic mass is 16.5. The fraction of sp³-hybridized carbons (Fsp3) is 0.500. The number of benzene rings is 1. The van der Waals surface area contributed by atoms with E-state index in [1.165, 1.54) is 7.11 Å². The smallest absolute Gasteiger partial charge is 0.325 e. The second kappa shape index (κ2) is 8.86. The number of hydrogen-bond acceptors (Lipinski definition) is 5. The molecule has 1 aliphatic rings. The predicted octanol–water partition coefficient (Wildman–Crippen LogP) is 1.65. The second-order valence-corrected chi connectivity index (χ2v) is 7.25. The first-order valence-corrected chi connectivity index (χ1v) is 9.27. The van der Waals surface area contributed by atoms with Gasteiger partial charge in [0.05, 0.1) is 7.11 Å². The van der Waals surface area contributed by atoms with Gasteiger partial charge in [-0.2, -0.15) is 0 Å². The zero-order valence-corrected chi connectivity index (χ0v) is 16.7. The maximum atomic E-state index is 12.9. The Bertz CT molecular complexity index is 760. The third-order valence-corrected chi connectivity index (χ3v) is 4.84. The topological polar surface area (TPSA) is 105 Å². The molecule has 1 atom stereocenters. The van der Waals surface area contributed by atoms with Gasteiger partial charge in [0.15, 0.2) is 0 Å². The number of nitrogens with one attached hydrogen (secondary N) is 2. The number of rotatable bonds is 8. The average molecular weight is 389 g/mol. The molecule has 0 bridgehead atoms. The van der Waals surface area contributed by atoms with Gasteiger partial charge in [0.25, 0.3) is 5.91 Å². The van der Waals surface area contributed by atoms with Gasteiger partial charge in [-0.05, 0) is 30.4 Å². The maximum absolute atomic E-state index is 12.9. The molecule has 28 heavy (non-hydrogen) atoms. The molecule has 1 aliphatic heterocycles. The first kappa shape index (κ1) is 21.4. The van der Waals surface area contributed by atoms with Crippen molar-refractivity contribution in [2.24, 2.45) is 0 Å². The number of ether oxygens (including phenoxy) is 1. The highest BCUT2D eigenvalue weighted by molar-refractivity contribution is 6.09. The molecule has 0 aromatic heterocycles. The van der Waals surface area contributed by atoms with Gasteiger partial charge in [-0.25, -0.2) is 4.79 Å². The minimum atomic E-state index is -1.21. The Balaban J connectivity index is 1.98. The van der Waals surface area contributed by atoms with Crippen molar-refractivity contribution in [3.63, 3.8) is 0 Å². The molecular weight excluding hydrogens is 362 g/mol. The summed E-state index contributed by atoms with van der Waals surface area (Å²) in [5.41, 5.74) is 0.584. The Morgan fingerprint density at radius 3 is 2.43 bits per heavy atom. The van der Waals surface area contributed by atoms with E-state index in [1.807, 2.05) is 24.3 Å². The lowest BCUT2D eigenvalue weighted by Gasteiger charge is -2.22. The second-order valence-electron chi connectivity index (χ2n) is 7.25. The van der Waals surface area contributed by atoms with Gasteiger partial charge in [0.1, 0.15) is 12.1 Å². The van der Waals surface area contributed by atoms with Crippen LogP contribution in [0.5, 0.6) is 0 Å². The summed E-state index contributed by atoms with van der Waals surface area (Å²) in [6, 6.07) is 6.90. The van der Waals surface area contributed by atoms with Crippen molar-refractivity contribution >= 4 is 23.8 Å². The van der Waals surface area contributed by atoms with E-state index < -0.39 is 23.4 Å². The van der Waals surface area contributed by atoms with E-state index in [-0.39, 0.29) is 25.5 Å². The van der Waals surface area contributed by atoms with Crippen LogP contribution in [-0.4, -0.2) is 48.9 Å². The number of imide groups is 1. The molecule has 4 amide bonds. The Hall–Kier alpha value is -2.90. The van der Waals surface area contributed by atoms with Crippen LogP contribution in [0.2, 0.25) is 0 Å². The van der Waals surface area contributed by atoms with Crippen LogP contribution in [0.15, 0.2) is 24.3 Å². The number of hydrogen-bond donors (Lipinski definition) is 2. The van der Waals surface area contributed by atoms with Crippen LogP contribution >= 0.6 is 0 Å². The van der Waals surface area contributed by atoms with Gasteiger partial charge < -0.3 is 15.4 Å². The maximum Gasteiger partial charge on any atom is 0.325 e. The van der Waals surface area contributed by atoms with Gasteiger partial charge in [0.2, 0.25) is 5.91 Å². The predicted molar refractivity (Wildman–Crippen MR) is 102 cm³/mol. The summed E-state index contributed by atoms with van der Waals surface area (Å²) in [5.74, 6) is -0.940. The number of methoxy groups -OCH3 is 1. The molecular formula is C20H27N3O5. The number of carbonyl (C=O) groups is 4. The lowest BCUT2D eigenvalue weighted by Crippen LogP contribution is -2.43. The van der Waals surface area contributed by atoms with E-state index in [9.17, 15) is 19.2 Å². The van der Waals surface area contributed by atoms with Crippen molar-refractivity contribution in [1.82, 2.24) is 15.5 Å². The first-order valence-electron chi connectivity index (χ1n) is 9.27. The summed E-state index contributed by atoms with van der Waals surface area (Å²) >= 11 is 0. The van der Waals surface area contributed by atoms with Gasteiger partial charge >= 0.3 is 12.0 Å². The van der Waals surface area contributed by atoms with Crippen LogP contribution in [0.3, 0.4) is 0 Å². The fourth-order valence-corrected chi connectivity index (χ4v) is 3.00. The van der Waals surface area contributed by atoms with Crippen molar-refractivity contribution in [2.75, 3.05) is 20.2 Å². The molecule has 1 aromatic carbocycles. The SMILES string of the molecule is COC(=O)CCCNC(=O)CN1C(=O)NC(C)(c2ccc(C(C)C)cc2)C1=O. The highest BCUT2D eigenvalue weighted by Crippen LogP contribution is 2.29. The normalized spacial score (nSPS) is 19.0. The number of esters is 1. The monoisotopic (exact) mass is 389 g/mol. The Kier molecular flexibility index (Phi) is 6.77. The third-order valence-electron chi connectivity index (χ3n) is 4.84. The van der Waals surface area contributed by atoms with E-state index in [0.29, 0.717) is 17.9 Å². The molecule has 1 fully saturated rings. The molecule has 2 rings (SSSR count). The Morgan fingerprint density at radius 1 is 1.21 bits per heavy atom. The lowest BCUT2D eigenvalue weighted by molar-refractivity contribution is -0.140. The number of nitrogens with zero attached hydrogens (tertiary/aromatic N) is 1. The highest BCUT2D eigenvalue weighted by Gasteiger charge is 2.49. The first-order chi connectivity index (χ1) is 13.2. The third kappa shape index (κ3) is 4.68. The quantitative estimate of drug-likeness (QED) is 0.400. The minimum Gasteiger partial charge on any atom is -0.469 e. The zero-order valence-electron chi connectivity index (χ0n) is 16.7. The van der Waals surface area contributed by atoms with Crippen LogP contribution in [-0.2, 0) is 24.7 Å². The van der Waals surface area contributed by atoms with Crippen LogP contribution in [0.4, 0.5) is 4.79 Å². The molecule has 1 unspecified atom stereocenters. The summed E-state index contributed by atoms with van der Waals surface area (Å²) in [5, 5.41) is 5.28. The summed E-state index contributed by atoms with van der Waals surface area (Å²) in [6.45, 7) is 5.66. The summed E-state index contributed by atoms with van der Waals surface area (Å²) in [6.07, 6.45) is 0.600. The van der Waals surface area contributed by atoms with E-state index >= 15 is 0 Å².